The van der Waals surface area contributed by atoms with Gasteiger partial charge in [0.2, 0.25) is 11.1 Å². The molecular weight excluding hydrogens is 310 g/mol. The summed E-state index contributed by atoms with van der Waals surface area (Å²) in [6, 6.07) is 10.2. The highest BCUT2D eigenvalue weighted by atomic mass is 32.2. The van der Waals surface area contributed by atoms with Crippen LogP contribution in [-0.2, 0) is 11.2 Å². The Hall–Kier alpha value is -2.02. The smallest absolute Gasteiger partial charge is 0.230 e. The zero-order valence-electron chi connectivity index (χ0n) is 13.5. The van der Waals surface area contributed by atoms with Crippen LogP contribution in [-0.4, -0.2) is 33.1 Å². The Morgan fingerprint density at radius 3 is 2.70 bits per heavy atom. The Balaban J connectivity index is 1.67. The second-order valence-electron chi connectivity index (χ2n) is 5.59. The van der Waals surface area contributed by atoms with Crippen LogP contribution in [0.5, 0.6) is 0 Å². The van der Waals surface area contributed by atoms with Gasteiger partial charge in [-0.1, -0.05) is 55.9 Å². The quantitative estimate of drug-likeness (QED) is 0.438. The lowest BCUT2D eigenvalue weighted by molar-refractivity contribution is -0.118. The maximum atomic E-state index is 11.8. The van der Waals surface area contributed by atoms with Crippen molar-refractivity contribution in [2.45, 2.75) is 37.8 Å². The van der Waals surface area contributed by atoms with E-state index in [9.17, 15) is 4.79 Å². The molecule has 0 unspecified atom stereocenters. The molecule has 1 heterocycles. The Kier molecular flexibility index (Phi) is 6.46. The van der Waals surface area contributed by atoms with E-state index in [2.05, 4.69) is 27.6 Å². The molecule has 0 saturated heterocycles. The Bertz CT molecular complexity index is 627. The van der Waals surface area contributed by atoms with E-state index in [1.165, 1.54) is 22.0 Å². The normalized spacial score (nSPS) is 10.9. The molecule has 0 saturated carbocycles. The summed E-state index contributed by atoms with van der Waals surface area (Å²) in [4.78, 5) is 11.8. The number of hydrogen-bond donors (Lipinski definition) is 2. The van der Waals surface area contributed by atoms with Gasteiger partial charge in [0.15, 0.2) is 5.82 Å². The lowest BCUT2D eigenvalue weighted by Crippen LogP contribution is -2.26. The van der Waals surface area contributed by atoms with Gasteiger partial charge in [0, 0.05) is 12.5 Å². The summed E-state index contributed by atoms with van der Waals surface area (Å²) in [6.45, 7) is 4.67. The third kappa shape index (κ3) is 5.28. The molecule has 0 radical (unpaired) electrons. The number of carbonyl (C=O) groups is 1. The van der Waals surface area contributed by atoms with E-state index in [1.54, 1.807) is 0 Å². The van der Waals surface area contributed by atoms with E-state index in [0.29, 0.717) is 17.5 Å². The standard InChI is InChI=1S/C16H23N5OS/c1-12(2)15-19-20-16(21(15)17)23-11-14(22)18-10-6-9-13-7-4-3-5-8-13/h3-5,7-8,12H,6,9-11,17H2,1-2H3,(H,18,22). The molecule has 1 amide bonds. The molecule has 1 aromatic carbocycles. The second kappa shape index (κ2) is 8.57. The fraction of sp³-hybridized carbons (Fsp3) is 0.438. The van der Waals surface area contributed by atoms with E-state index in [0.717, 1.165) is 18.7 Å². The van der Waals surface area contributed by atoms with Gasteiger partial charge in [-0.15, -0.1) is 10.2 Å². The molecule has 124 valence electrons. The monoisotopic (exact) mass is 333 g/mol. The Morgan fingerprint density at radius 2 is 2.04 bits per heavy atom. The third-order valence-corrected chi connectivity index (χ3v) is 4.29. The van der Waals surface area contributed by atoms with Gasteiger partial charge >= 0.3 is 0 Å². The average molecular weight is 333 g/mol. The minimum atomic E-state index is -0.0165. The molecule has 0 spiro atoms. The predicted octanol–water partition coefficient (Wildman–Crippen LogP) is 1.96. The molecule has 0 aliphatic carbocycles. The molecule has 1 aromatic heterocycles. The van der Waals surface area contributed by atoms with Crippen LogP contribution in [0.4, 0.5) is 0 Å². The van der Waals surface area contributed by atoms with Crippen LogP contribution in [0.15, 0.2) is 35.5 Å². The highest BCUT2D eigenvalue weighted by molar-refractivity contribution is 7.99. The highest BCUT2D eigenvalue weighted by Crippen LogP contribution is 2.18. The fourth-order valence-corrected chi connectivity index (χ4v) is 2.82. The van der Waals surface area contributed by atoms with Gasteiger partial charge in [-0.2, -0.15) is 0 Å². The van der Waals surface area contributed by atoms with Crippen molar-refractivity contribution in [3.05, 3.63) is 41.7 Å². The van der Waals surface area contributed by atoms with Crippen molar-refractivity contribution in [3.8, 4) is 0 Å². The molecule has 3 N–H and O–H groups in total. The summed E-state index contributed by atoms with van der Waals surface area (Å²) in [7, 11) is 0. The van der Waals surface area contributed by atoms with E-state index in [1.807, 2.05) is 32.0 Å². The van der Waals surface area contributed by atoms with Gasteiger partial charge in [0.05, 0.1) is 5.75 Å². The van der Waals surface area contributed by atoms with Crippen molar-refractivity contribution in [3.63, 3.8) is 0 Å². The van der Waals surface area contributed by atoms with Crippen LogP contribution in [0.1, 0.15) is 37.6 Å². The molecule has 0 bridgehead atoms. The van der Waals surface area contributed by atoms with E-state index < -0.39 is 0 Å². The third-order valence-electron chi connectivity index (χ3n) is 3.35. The zero-order valence-corrected chi connectivity index (χ0v) is 14.3. The molecule has 0 aliphatic heterocycles. The SMILES string of the molecule is CC(C)c1nnc(SCC(=O)NCCCc2ccccc2)n1N. The molecular formula is C16H23N5OS. The van der Waals surface area contributed by atoms with Crippen LogP contribution < -0.4 is 11.2 Å². The van der Waals surface area contributed by atoms with E-state index in [4.69, 9.17) is 5.84 Å². The second-order valence-corrected chi connectivity index (χ2v) is 6.54. The van der Waals surface area contributed by atoms with Crippen LogP contribution >= 0.6 is 11.8 Å². The summed E-state index contributed by atoms with van der Waals surface area (Å²) in [5, 5.41) is 11.5. The fourth-order valence-electron chi connectivity index (χ4n) is 2.13. The molecule has 6 nitrogen and oxygen atoms in total. The van der Waals surface area contributed by atoms with Crippen molar-refractivity contribution in [2.75, 3.05) is 18.1 Å². The molecule has 2 aromatic rings. The van der Waals surface area contributed by atoms with Gasteiger partial charge in [0.1, 0.15) is 0 Å². The summed E-state index contributed by atoms with van der Waals surface area (Å²) in [6.07, 6.45) is 1.88. The predicted molar refractivity (Wildman–Crippen MR) is 92.8 cm³/mol. The number of benzene rings is 1. The summed E-state index contributed by atoms with van der Waals surface area (Å²) >= 11 is 1.30. The molecule has 0 atom stereocenters. The van der Waals surface area contributed by atoms with Crippen molar-refractivity contribution < 1.29 is 4.79 Å². The van der Waals surface area contributed by atoms with Crippen molar-refractivity contribution >= 4 is 17.7 Å². The van der Waals surface area contributed by atoms with Crippen molar-refractivity contribution in [1.29, 1.82) is 0 Å². The first-order valence-corrected chi connectivity index (χ1v) is 8.70. The number of nitrogens with two attached hydrogens (primary N) is 1. The number of nitrogen functional groups attached to an aromatic ring is 1. The van der Waals surface area contributed by atoms with Gasteiger partial charge in [-0.3, -0.25) is 4.79 Å². The van der Waals surface area contributed by atoms with Crippen LogP contribution in [0, 0.1) is 0 Å². The minimum Gasteiger partial charge on any atom is -0.355 e. The first kappa shape index (κ1) is 17.3. The Morgan fingerprint density at radius 1 is 1.30 bits per heavy atom. The van der Waals surface area contributed by atoms with E-state index >= 15 is 0 Å². The van der Waals surface area contributed by atoms with E-state index in [-0.39, 0.29) is 11.8 Å². The number of thioether (sulfide) groups is 1. The zero-order chi connectivity index (χ0) is 16.7. The molecule has 23 heavy (non-hydrogen) atoms. The largest absolute Gasteiger partial charge is 0.355 e. The molecule has 0 aliphatic rings. The maximum Gasteiger partial charge on any atom is 0.230 e. The molecule has 7 heteroatoms. The lowest BCUT2D eigenvalue weighted by Gasteiger charge is -2.06. The molecule has 0 fully saturated rings. The van der Waals surface area contributed by atoms with Crippen molar-refractivity contribution in [2.24, 2.45) is 0 Å². The molecule has 2 rings (SSSR count). The van der Waals surface area contributed by atoms with Gasteiger partial charge in [-0.25, -0.2) is 4.68 Å². The van der Waals surface area contributed by atoms with Crippen LogP contribution in [0.25, 0.3) is 0 Å². The highest BCUT2D eigenvalue weighted by Gasteiger charge is 2.14. The number of aryl methyl sites for hydroxylation is 1. The number of rotatable bonds is 8. The van der Waals surface area contributed by atoms with Gasteiger partial charge in [0.25, 0.3) is 0 Å². The van der Waals surface area contributed by atoms with Gasteiger partial charge in [-0.05, 0) is 18.4 Å². The minimum absolute atomic E-state index is 0.0165. The summed E-state index contributed by atoms with van der Waals surface area (Å²) < 4.78 is 1.46. The van der Waals surface area contributed by atoms with Gasteiger partial charge < -0.3 is 11.2 Å². The number of aromatic nitrogens is 3. The van der Waals surface area contributed by atoms with Crippen molar-refractivity contribution in [1.82, 2.24) is 20.2 Å². The summed E-state index contributed by atoms with van der Waals surface area (Å²) in [5.41, 5.74) is 1.29. The maximum absolute atomic E-state index is 11.8. The number of carbonyl (C=O) groups excluding carboxylic acids is 1. The Labute approximate surface area is 140 Å². The number of amides is 1. The average Bonchev–Trinajstić information content (AvgIpc) is 2.91. The first-order valence-electron chi connectivity index (χ1n) is 7.71. The topological polar surface area (TPSA) is 85.8 Å². The number of nitrogens with one attached hydrogen (secondary N) is 1. The summed E-state index contributed by atoms with van der Waals surface area (Å²) in [5.74, 6) is 7.11. The van der Waals surface area contributed by atoms with Crippen LogP contribution in [0.3, 0.4) is 0 Å². The first-order chi connectivity index (χ1) is 11.1. The number of nitrogens with zero attached hydrogens (tertiary/aromatic N) is 3. The van der Waals surface area contributed by atoms with Crippen LogP contribution in [0.2, 0.25) is 0 Å². The number of hydrogen-bond acceptors (Lipinski definition) is 5. The lowest BCUT2D eigenvalue weighted by atomic mass is 10.1.